The Labute approximate surface area is 139 Å². The van der Waals surface area contributed by atoms with Gasteiger partial charge in [-0.1, -0.05) is 13.3 Å². The van der Waals surface area contributed by atoms with E-state index in [1.54, 1.807) is 0 Å². The zero-order valence-corrected chi connectivity index (χ0v) is 14.4. The summed E-state index contributed by atoms with van der Waals surface area (Å²) < 4.78 is 0. The highest BCUT2D eigenvalue weighted by atomic mass is 35.5. The van der Waals surface area contributed by atoms with Crippen LogP contribution in [0.25, 0.3) is 0 Å². The van der Waals surface area contributed by atoms with Gasteiger partial charge in [0.1, 0.15) is 0 Å². The number of likely N-dealkylation sites (tertiary alicyclic amines) is 1. The molecule has 1 heterocycles. The van der Waals surface area contributed by atoms with Crippen LogP contribution in [0.1, 0.15) is 45.4 Å². The summed E-state index contributed by atoms with van der Waals surface area (Å²) >= 11 is 0. The van der Waals surface area contributed by atoms with Gasteiger partial charge in [-0.05, 0) is 44.6 Å². The molecule has 2 amide bonds. The van der Waals surface area contributed by atoms with Gasteiger partial charge < -0.3 is 16.0 Å². The van der Waals surface area contributed by atoms with E-state index in [2.05, 4.69) is 12.2 Å². The number of hydrogen-bond acceptors (Lipinski definition) is 3. The number of nitrogens with zero attached hydrogens (tertiary/aromatic N) is 1. The highest BCUT2D eigenvalue weighted by Crippen LogP contribution is 2.33. The summed E-state index contributed by atoms with van der Waals surface area (Å²) in [6, 6.07) is 0. The van der Waals surface area contributed by atoms with Crippen LogP contribution in [-0.2, 0) is 9.59 Å². The Morgan fingerprint density at radius 1 is 1.18 bits per heavy atom. The van der Waals surface area contributed by atoms with Crippen molar-refractivity contribution in [2.75, 3.05) is 26.2 Å². The summed E-state index contributed by atoms with van der Waals surface area (Å²) in [5, 5.41) is 2.96. The van der Waals surface area contributed by atoms with Crippen LogP contribution in [0, 0.1) is 17.8 Å². The average Bonchev–Trinajstić information content (AvgIpc) is 3.00. The zero-order chi connectivity index (χ0) is 15.2. The van der Waals surface area contributed by atoms with E-state index in [-0.39, 0.29) is 36.1 Å². The van der Waals surface area contributed by atoms with Gasteiger partial charge in [0, 0.05) is 31.5 Å². The van der Waals surface area contributed by atoms with Crippen molar-refractivity contribution in [3.8, 4) is 0 Å². The fraction of sp³-hybridized carbons (Fsp3) is 0.875. The third-order valence-corrected chi connectivity index (χ3v) is 5.01. The molecule has 0 aromatic rings. The van der Waals surface area contributed by atoms with Gasteiger partial charge in [-0.15, -0.1) is 12.4 Å². The number of hydrogen-bond donors (Lipinski definition) is 2. The Kier molecular flexibility index (Phi) is 8.18. The van der Waals surface area contributed by atoms with Crippen LogP contribution in [0.3, 0.4) is 0 Å². The topological polar surface area (TPSA) is 75.4 Å². The molecule has 22 heavy (non-hydrogen) atoms. The van der Waals surface area contributed by atoms with E-state index in [0.717, 1.165) is 58.2 Å². The molecule has 6 heteroatoms. The summed E-state index contributed by atoms with van der Waals surface area (Å²) in [5.41, 5.74) is 5.78. The van der Waals surface area contributed by atoms with Gasteiger partial charge in [0.05, 0.1) is 0 Å². The minimum absolute atomic E-state index is 0. The predicted octanol–water partition coefficient (Wildman–Crippen LogP) is 1.55. The smallest absolute Gasteiger partial charge is 0.226 e. The minimum Gasteiger partial charge on any atom is -0.356 e. The van der Waals surface area contributed by atoms with Crippen molar-refractivity contribution >= 4 is 24.2 Å². The molecule has 2 atom stereocenters. The lowest BCUT2D eigenvalue weighted by Crippen LogP contribution is -2.46. The third-order valence-electron chi connectivity index (χ3n) is 5.01. The van der Waals surface area contributed by atoms with Gasteiger partial charge in [-0.2, -0.15) is 0 Å². The van der Waals surface area contributed by atoms with Gasteiger partial charge in [-0.3, -0.25) is 9.59 Å². The van der Waals surface area contributed by atoms with Crippen molar-refractivity contribution in [3.63, 3.8) is 0 Å². The lowest BCUT2D eigenvalue weighted by Gasteiger charge is -2.34. The van der Waals surface area contributed by atoms with Gasteiger partial charge >= 0.3 is 0 Å². The van der Waals surface area contributed by atoms with E-state index < -0.39 is 0 Å². The van der Waals surface area contributed by atoms with E-state index in [9.17, 15) is 9.59 Å². The Hall–Kier alpha value is -0.810. The number of nitrogens with one attached hydrogen (secondary N) is 1. The molecular weight excluding hydrogens is 302 g/mol. The molecule has 0 bridgehead atoms. The lowest BCUT2D eigenvalue weighted by atomic mass is 9.91. The van der Waals surface area contributed by atoms with Crippen molar-refractivity contribution in [3.05, 3.63) is 0 Å². The molecule has 0 aromatic carbocycles. The predicted molar refractivity (Wildman–Crippen MR) is 89.7 cm³/mol. The van der Waals surface area contributed by atoms with Crippen molar-refractivity contribution in [1.29, 1.82) is 0 Å². The van der Waals surface area contributed by atoms with E-state index in [1.807, 2.05) is 4.90 Å². The number of nitrogens with two attached hydrogens (primary N) is 1. The van der Waals surface area contributed by atoms with Crippen LogP contribution in [0.2, 0.25) is 0 Å². The van der Waals surface area contributed by atoms with Crippen LogP contribution >= 0.6 is 12.4 Å². The van der Waals surface area contributed by atoms with Gasteiger partial charge in [0.25, 0.3) is 0 Å². The summed E-state index contributed by atoms with van der Waals surface area (Å²) in [4.78, 5) is 26.5. The van der Waals surface area contributed by atoms with Crippen LogP contribution in [0.4, 0.5) is 0 Å². The van der Waals surface area contributed by atoms with Gasteiger partial charge in [-0.25, -0.2) is 0 Å². The Morgan fingerprint density at radius 3 is 2.45 bits per heavy atom. The number of carbonyl (C=O) groups excluding carboxylic acids is 2. The largest absolute Gasteiger partial charge is 0.356 e. The quantitative estimate of drug-likeness (QED) is 0.802. The summed E-state index contributed by atoms with van der Waals surface area (Å²) in [5.74, 6) is 0.998. The summed E-state index contributed by atoms with van der Waals surface area (Å²) in [7, 11) is 0. The second-order valence-corrected chi connectivity index (χ2v) is 6.42. The molecule has 1 saturated heterocycles. The Balaban J connectivity index is 0.00000242. The normalized spacial score (nSPS) is 25.6. The zero-order valence-electron chi connectivity index (χ0n) is 13.6. The molecular formula is C16H30ClN3O2. The fourth-order valence-corrected chi connectivity index (χ4v) is 3.63. The second kappa shape index (κ2) is 9.36. The molecule has 2 rings (SSSR count). The molecule has 0 unspecified atom stereocenters. The highest BCUT2D eigenvalue weighted by molar-refractivity contribution is 5.85. The SMILES string of the molecule is CCCNC(=O)C1CCN(C(=O)[C@@H]2CCC[C@@H]2CN)CC1.Cl. The van der Waals surface area contributed by atoms with Gasteiger partial charge in [0.2, 0.25) is 11.8 Å². The molecule has 2 fully saturated rings. The number of halogens is 1. The number of rotatable bonds is 5. The first-order valence-corrected chi connectivity index (χ1v) is 8.44. The van der Waals surface area contributed by atoms with E-state index in [4.69, 9.17) is 5.73 Å². The first-order valence-electron chi connectivity index (χ1n) is 8.44. The van der Waals surface area contributed by atoms with Crippen molar-refractivity contribution < 1.29 is 9.59 Å². The summed E-state index contributed by atoms with van der Waals surface area (Å²) in [6.45, 7) is 4.86. The second-order valence-electron chi connectivity index (χ2n) is 6.42. The molecule has 1 aliphatic heterocycles. The number of piperidine rings is 1. The average molecular weight is 332 g/mol. The standard InChI is InChI=1S/C16H29N3O2.ClH/c1-2-8-18-15(20)12-6-9-19(10-7-12)16(21)14-5-3-4-13(14)11-17;/h12-14H,2-11,17H2,1H3,(H,18,20);1H/t13-,14-;/m1./s1. The third kappa shape index (κ3) is 4.59. The first kappa shape index (κ1) is 19.2. The van der Waals surface area contributed by atoms with E-state index >= 15 is 0 Å². The number of amides is 2. The molecule has 2 aliphatic rings. The molecule has 0 aromatic heterocycles. The summed E-state index contributed by atoms with van der Waals surface area (Å²) in [6.07, 6.45) is 5.74. The van der Waals surface area contributed by atoms with E-state index in [1.165, 1.54) is 0 Å². The maximum atomic E-state index is 12.6. The van der Waals surface area contributed by atoms with Crippen LogP contribution in [-0.4, -0.2) is 42.9 Å². The lowest BCUT2D eigenvalue weighted by molar-refractivity contribution is -0.140. The monoisotopic (exact) mass is 331 g/mol. The number of carbonyl (C=O) groups is 2. The molecule has 0 radical (unpaired) electrons. The van der Waals surface area contributed by atoms with E-state index in [0.29, 0.717) is 12.5 Å². The molecule has 1 aliphatic carbocycles. The van der Waals surface area contributed by atoms with Crippen LogP contribution in [0.15, 0.2) is 0 Å². The van der Waals surface area contributed by atoms with Crippen molar-refractivity contribution in [2.24, 2.45) is 23.5 Å². The molecule has 3 N–H and O–H groups in total. The van der Waals surface area contributed by atoms with Crippen molar-refractivity contribution in [2.45, 2.75) is 45.4 Å². The Bertz CT molecular complexity index is 370. The minimum atomic E-state index is 0. The molecule has 0 spiro atoms. The highest BCUT2D eigenvalue weighted by Gasteiger charge is 2.36. The first-order chi connectivity index (χ1) is 10.2. The van der Waals surface area contributed by atoms with Crippen LogP contribution in [0.5, 0.6) is 0 Å². The van der Waals surface area contributed by atoms with Gasteiger partial charge in [0.15, 0.2) is 0 Å². The Morgan fingerprint density at radius 2 is 1.86 bits per heavy atom. The molecule has 5 nitrogen and oxygen atoms in total. The van der Waals surface area contributed by atoms with Crippen molar-refractivity contribution in [1.82, 2.24) is 10.2 Å². The molecule has 128 valence electrons. The molecule has 1 saturated carbocycles. The maximum Gasteiger partial charge on any atom is 0.226 e. The van der Waals surface area contributed by atoms with Crippen LogP contribution < -0.4 is 11.1 Å². The fourth-order valence-electron chi connectivity index (χ4n) is 3.63. The maximum absolute atomic E-state index is 12.6.